The van der Waals surface area contributed by atoms with Crippen LogP contribution in [0.1, 0.15) is 27.2 Å². The summed E-state index contributed by atoms with van der Waals surface area (Å²) < 4.78 is 1.69. The molecule has 0 aliphatic heterocycles. The van der Waals surface area contributed by atoms with Crippen LogP contribution in [0.2, 0.25) is 10.0 Å². The molecule has 1 amide bonds. The third-order valence-corrected chi connectivity index (χ3v) is 6.03. The van der Waals surface area contributed by atoms with Gasteiger partial charge in [-0.05, 0) is 73.4 Å². The number of nitrogens with one attached hydrogen (secondary N) is 1. The van der Waals surface area contributed by atoms with Crippen molar-refractivity contribution in [2.45, 2.75) is 20.3 Å². The van der Waals surface area contributed by atoms with E-state index in [-0.39, 0.29) is 5.91 Å². The van der Waals surface area contributed by atoms with E-state index in [1.54, 1.807) is 16.8 Å². The minimum absolute atomic E-state index is 0.193. The summed E-state index contributed by atoms with van der Waals surface area (Å²) in [6, 6.07) is 23.1. The average molecular weight is 464 g/mol. The first-order valence-corrected chi connectivity index (χ1v) is 11.1. The first kappa shape index (κ1) is 22.1. The zero-order valence-corrected chi connectivity index (χ0v) is 19.4. The molecule has 0 saturated carbocycles. The molecule has 162 valence electrons. The first-order chi connectivity index (χ1) is 15.4. The highest BCUT2D eigenvalue weighted by Gasteiger charge is 2.18. The molecular weight excluding hydrogens is 441 g/mol. The summed E-state index contributed by atoms with van der Waals surface area (Å²) in [5.74, 6) is -0.193. The van der Waals surface area contributed by atoms with Crippen molar-refractivity contribution in [3.05, 3.63) is 105 Å². The standard InChI is InChI=1S/C26H23Cl2N3O/c1-17-8-9-20(14-18(17)2)24-16-25(31(30-24)22-6-4-3-5-7-22)26(32)29-13-12-19-10-11-21(27)15-23(19)28/h3-11,14-16H,12-13H2,1-2H3,(H,29,32). The largest absolute Gasteiger partial charge is 0.350 e. The van der Waals surface area contributed by atoms with Gasteiger partial charge in [-0.2, -0.15) is 5.10 Å². The van der Waals surface area contributed by atoms with Crippen LogP contribution in [0.5, 0.6) is 0 Å². The number of rotatable bonds is 6. The fourth-order valence-electron chi connectivity index (χ4n) is 3.48. The second-order valence-corrected chi connectivity index (χ2v) is 8.55. The van der Waals surface area contributed by atoms with E-state index in [0.717, 1.165) is 22.5 Å². The molecule has 0 radical (unpaired) electrons. The minimum Gasteiger partial charge on any atom is -0.350 e. The van der Waals surface area contributed by atoms with E-state index in [1.165, 1.54) is 11.1 Å². The summed E-state index contributed by atoms with van der Waals surface area (Å²) in [7, 11) is 0. The predicted octanol–water partition coefficient (Wildman–Crippen LogP) is 6.44. The molecule has 0 atom stereocenters. The maximum absolute atomic E-state index is 13.1. The topological polar surface area (TPSA) is 46.9 Å². The zero-order chi connectivity index (χ0) is 22.7. The molecule has 0 fully saturated rings. The Kier molecular flexibility index (Phi) is 6.63. The quantitative estimate of drug-likeness (QED) is 0.357. The number of hydrogen-bond acceptors (Lipinski definition) is 2. The molecule has 4 rings (SSSR count). The summed E-state index contributed by atoms with van der Waals surface area (Å²) in [6.45, 7) is 4.59. The van der Waals surface area contributed by atoms with Crippen molar-refractivity contribution >= 4 is 29.1 Å². The fraction of sp³-hybridized carbons (Fsp3) is 0.154. The van der Waals surface area contributed by atoms with E-state index in [2.05, 4.69) is 31.3 Å². The lowest BCUT2D eigenvalue weighted by atomic mass is 10.0. The van der Waals surface area contributed by atoms with Gasteiger partial charge >= 0.3 is 0 Å². The molecule has 3 aromatic carbocycles. The smallest absolute Gasteiger partial charge is 0.270 e. The van der Waals surface area contributed by atoms with Crippen LogP contribution in [0.15, 0.2) is 72.8 Å². The monoisotopic (exact) mass is 463 g/mol. The van der Waals surface area contributed by atoms with Gasteiger partial charge in [0.2, 0.25) is 0 Å². The first-order valence-electron chi connectivity index (χ1n) is 10.4. The lowest BCUT2D eigenvalue weighted by Crippen LogP contribution is -2.27. The van der Waals surface area contributed by atoms with E-state index >= 15 is 0 Å². The maximum Gasteiger partial charge on any atom is 0.270 e. The van der Waals surface area contributed by atoms with Crippen molar-refractivity contribution in [3.63, 3.8) is 0 Å². The van der Waals surface area contributed by atoms with Crippen LogP contribution in [0.25, 0.3) is 16.9 Å². The van der Waals surface area contributed by atoms with E-state index in [4.69, 9.17) is 28.3 Å². The molecule has 0 aliphatic carbocycles. The molecule has 0 bridgehead atoms. The van der Waals surface area contributed by atoms with E-state index in [9.17, 15) is 4.79 Å². The number of halogens is 2. The van der Waals surface area contributed by atoms with Crippen molar-refractivity contribution in [1.29, 1.82) is 0 Å². The second-order valence-electron chi connectivity index (χ2n) is 7.70. The Bertz CT molecular complexity index is 1270. The van der Waals surface area contributed by atoms with Crippen LogP contribution >= 0.6 is 23.2 Å². The fourth-order valence-corrected chi connectivity index (χ4v) is 3.98. The van der Waals surface area contributed by atoms with Gasteiger partial charge in [-0.25, -0.2) is 4.68 Å². The summed E-state index contributed by atoms with van der Waals surface area (Å²) in [6.07, 6.45) is 0.602. The van der Waals surface area contributed by atoms with Crippen molar-refractivity contribution in [2.75, 3.05) is 6.54 Å². The predicted molar refractivity (Wildman–Crippen MR) is 131 cm³/mol. The van der Waals surface area contributed by atoms with Gasteiger partial charge in [-0.1, -0.05) is 59.6 Å². The zero-order valence-electron chi connectivity index (χ0n) is 17.9. The Balaban J connectivity index is 1.60. The number of nitrogens with zero attached hydrogens (tertiary/aromatic N) is 2. The Morgan fingerprint density at radius 2 is 1.72 bits per heavy atom. The van der Waals surface area contributed by atoms with Crippen LogP contribution in [0.4, 0.5) is 0 Å². The number of para-hydroxylation sites is 1. The lowest BCUT2D eigenvalue weighted by Gasteiger charge is -2.09. The molecule has 0 aliphatic rings. The Hall–Kier alpha value is -3.08. The Labute approximate surface area is 197 Å². The van der Waals surface area contributed by atoms with Crippen LogP contribution in [-0.2, 0) is 6.42 Å². The van der Waals surface area contributed by atoms with Gasteiger partial charge in [-0.15, -0.1) is 0 Å². The third-order valence-electron chi connectivity index (χ3n) is 5.44. The van der Waals surface area contributed by atoms with Crippen molar-refractivity contribution < 1.29 is 4.79 Å². The molecule has 32 heavy (non-hydrogen) atoms. The highest BCUT2D eigenvalue weighted by molar-refractivity contribution is 6.35. The van der Waals surface area contributed by atoms with Gasteiger partial charge in [0.25, 0.3) is 5.91 Å². The molecule has 1 heterocycles. The molecule has 1 N–H and O–H groups in total. The van der Waals surface area contributed by atoms with Crippen molar-refractivity contribution in [1.82, 2.24) is 15.1 Å². The van der Waals surface area contributed by atoms with Gasteiger partial charge in [0.15, 0.2) is 0 Å². The van der Waals surface area contributed by atoms with Crippen LogP contribution in [0.3, 0.4) is 0 Å². The number of aryl methyl sites for hydroxylation is 2. The number of benzene rings is 3. The molecule has 6 heteroatoms. The number of aromatic nitrogens is 2. The number of carbonyl (C=O) groups is 1. The van der Waals surface area contributed by atoms with Gasteiger partial charge in [0, 0.05) is 22.2 Å². The molecule has 0 unspecified atom stereocenters. The molecule has 1 aromatic heterocycles. The molecule has 0 spiro atoms. The third kappa shape index (κ3) is 4.87. The molecule has 0 saturated heterocycles. The second kappa shape index (κ2) is 9.60. The van der Waals surface area contributed by atoms with Crippen molar-refractivity contribution in [2.24, 2.45) is 0 Å². The normalized spacial score (nSPS) is 10.9. The van der Waals surface area contributed by atoms with Crippen LogP contribution in [0, 0.1) is 13.8 Å². The van der Waals surface area contributed by atoms with E-state index < -0.39 is 0 Å². The summed E-state index contributed by atoms with van der Waals surface area (Å²) in [4.78, 5) is 13.1. The minimum atomic E-state index is -0.193. The number of hydrogen-bond donors (Lipinski definition) is 1. The summed E-state index contributed by atoms with van der Waals surface area (Å²) >= 11 is 12.2. The highest BCUT2D eigenvalue weighted by atomic mass is 35.5. The number of amides is 1. The lowest BCUT2D eigenvalue weighted by molar-refractivity contribution is 0.0946. The average Bonchev–Trinajstić information content (AvgIpc) is 3.23. The molecular formula is C26H23Cl2N3O. The highest BCUT2D eigenvalue weighted by Crippen LogP contribution is 2.24. The van der Waals surface area contributed by atoms with Gasteiger partial charge < -0.3 is 5.32 Å². The van der Waals surface area contributed by atoms with Gasteiger partial charge in [0.05, 0.1) is 11.4 Å². The van der Waals surface area contributed by atoms with Gasteiger partial charge in [-0.3, -0.25) is 4.79 Å². The Morgan fingerprint density at radius 3 is 2.44 bits per heavy atom. The van der Waals surface area contributed by atoms with Gasteiger partial charge in [0.1, 0.15) is 5.69 Å². The van der Waals surface area contributed by atoms with E-state index in [0.29, 0.717) is 28.7 Å². The van der Waals surface area contributed by atoms with Crippen molar-refractivity contribution in [3.8, 4) is 16.9 Å². The maximum atomic E-state index is 13.1. The summed E-state index contributed by atoms with van der Waals surface area (Å²) in [5, 5.41) is 8.93. The van der Waals surface area contributed by atoms with Crippen LogP contribution < -0.4 is 5.32 Å². The van der Waals surface area contributed by atoms with E-state index in [1.807, 2.05) is 48.5 Å². The summed E-state index contributed by atoms with van der Waals surface area (Å²) in [5.41, 5.74) is 6.37. The molecule has 4 aromatic rings. The van der Waals surface area contributed by atoms with Crippen LogP contribution in [-0.4, -0.2) is 22.2 Å². The SMILES string of the molecule is Cc1ccc(-c2cc(C(=O)NCCc3ccc(Cl)cc3Cl)n(-c3ccccc3)n2)cc1C. The molecule has 4 nitrogen and oxygen atoms in total. The number of carbonyl (C=O) groups excluding carboxylic acids is 1. The Morgan fingerprint density at radius 1 is 0.938 bits per heavy atom.